The van der Waals surface area contributed by atoms with E-state index in [4.69, 9.17) is 5.73 Å². The molecule has 4 heteroatoms. The second-order valence-corrected chi connectivity index (χ2v) is 4.11. The topological polar surface area (TPSA) is 50.9 Å². The lowest BCUT2D eigenvalue weighted by Gasteiger charge is -2.18. The predicted octanol–water partition coefficient (Wildman–Crippen LogP) is 0.765. The van der Waals surface area contributed by atoms with E-state index in [1.54, 1.807) is 11.3 Å². The summed E-state index contributed by atoms with van der Waals surface area (Å²) in [5.74, 6) is 0. The number of rotatable bonds is 1. The summed E-state index contributed by atoms with van der Waals surface area (Å²) in [6.45, 7) is 3.82. The zero-order valence-electron chi connectivity index (χ0n) is 7.58. The average molecular weight is 195 g/mol. The highest BCUT2D eigenvalue weighted by Crippen LogP contribution is 2.23. The fourth-order valence-corrected chi connectivity index (χ4v) is 2.35. The molecule has 0 fully saturated rings. The Kier molecular flexibility index (Phi) is 2.44. The Balaban J connectivity index is 2.30. The van der Waals surface area contributed by atoms with Crippen molar-refractivity contribution >= 4 is 16.9 Å². The molecule has 0 saturated heterocycles. The first kappa shape index (κ1) is 8.87. The summed E-state index contributed by atoms with van der Waals surface area (Å²) in [6.07, 6.45) is 2.14. The van der Waals surface area contributed by atoms with E-state index in [1.165, 1.54) is 10.5 Å². The molecule has 13 heavy (non-hydrogen) atoms. The molecule has 0 spiro atoms. The Morgan fingerprint density at radius 1 is 1.69 bits per heavy atom. The molecular weight excluding hydrogens is 182 g/mol. The number of hydrogen-bond donors (Lipinski definition) is 2. The number of aromatic nitrogens is 1. The minimum atomic E-state index is 0.144. The number of aryl methyl sites for hydroxylation is 1. The highest BCUT2D eigenvalue weighted by Gasteiger charge is 2.13. The van der Waals surface area contributed by atoms with Gasteiger partial charge in [-0.3, -0.25) is 0 Å². The Morgan fingerprint density at radius 2 is 2.54 bits per heavy atom. The highest BCUT2D eigenvalue weighted by atomic mass is 32.1. The van der Waals surface area contributed by atoms with Crippen LogP contribution in [-0.2, 0) is 0 Å². The van der Waals surface area contributed by atoms with Gasteiger partial charge in [0.05, 0.1) is 16.1 Å². The summed E-state index contributed by atoms with van der Waals surface area (Å²) >= 11 is 1.68. The molecule has 70 valence electrons. The molecule has 0 aliphatic carbocycles. The molecule has 1 aromatic rings. The van der Waals surface area contributed by atoms with E-state index < -0.39 is 0 Å². The molecule has 2 heterocycles. The number of nitrogens with zero attached hydrogens (tertiary/aromatic N) is 1. The Labute approximate surface area is 81.7 Å². The predicted molar refractivity (Wildman–Crippen MR) is 55.7 cm³/mol. The molecule has 3 nitrogen and oxygen atoms in total. The van der Waals surface area contributed by atoms with Crippen molar-refractivity contribution < 1.29 is 0 Å². The minimum absolute atomic E-state index is 0.144. The van der Waals surface area contributed by atoms with Crippen LogP contribution in [0, 0.1) is 6.92 Å². The smallest absolute Gasteiger partial charge is 0.0801 e. The van der Waals surface area contributed by atoms with Crippen molar-refractivity contribution in [2.75, 3.05) is 13.1 Å². The number of nitrogens with one attached hydrogen (secondary N) is 1. The molecular formula is C9H13N3S. The van der Waals surface area contributed by atoms with Gasteiger partial charge in [-0.25, -0.2) is 4.98 Å². The second kappa shape index (κ2) is 3.57. The van der Waals surface area contributed by atoms with Crippen molar-refractivity contribution in [3.8, 4) is 0 Å². The molecule has 0 aromatic carbocycles. The van der Waals surface area contributed by atoms with Gasteiger partial charge in [0.25, 0.3) is 0 Å². The van der Waals surface area contributed by atoms with E-state index in [0.29, 0.717) is 0 Å². The molecule has 0 saturated carbocycles. The molecule has 1 aliphatic rings. The minimum Gasteiger partial charge on any atom is -0.323 e. The zero-order chi connectivity index (χ0) is 9.26. The van der Waals surface area contributed by atoms with E-state index in [-0.39, 0.29) is 6.04 Å². The first-order valence-electron chi connectivity index (χ1n) is 4.35. The summed E-state index contributed by atoms with van der Waals surface area (Å²) in [6, 6.07) is 0.144. The van der Waals surface area contributed by atoms with Gasteiger partial charge in [-0.15, -0.1) is 11.3 Å². The third-order valence-corrected chi connectivity index (χ3v) is 3.15. The van der Waals surface area contributed by atoms with Gasteiger partial charge in [0, 0.05) is 19.1 Å². The largest absolute Gasteiger partial charge is 0.323 e. The molecule has 3 N–H and O–H groups in total. The van der Waals surface area contributed by atoms with Gasteiger partial charge >= 0.3 is 0 Å². The first-order chi connectivity index (χ1) is 6.27. The van der Waals surface area contributed by atoms with Crippen LogP contribution in [0.4, 0.5) is 0 Å². The highest BCUT2D eigenvalue weighted by molar-refractivity contribution is 7.10. The maximum atomic E-state index is 5.83. The van der Waals surface area contributed by atoms with E-state index in [9.17, 15) is 0 Å². The quantitative estimate of drug-likeness (QED) is 0.696. The van der Waals surface area contributed by atoms with Crippen molar-refractivity contribution in [1.29, 1.82) is 0 Å². The molecule has 1 unspecified atom stereocenters. The van der Waals surface area contributed by atoms with Crippen LogP contribution in [0.25, 0.3) is 5.57 Å². The molecule has 0 amide bonds. The summed E-state index contributed by atoms with van der Waals surface area (Å²) < 4.78 is 0. The van der Waals surface area contributed by atoms with Gasteiger partial charge in [0.1, 0.15) is 0 Å². The van der Waals surface area contributed by atoms with Crippen LogP contribution in [0.3, 0.4) is 0 Å². The number of thiazole rings is 1. The maximum absolute atomic E-state index is 5.83. The molecule has 0 radical (unpaired) electrons. The SMILES string of the molecule is Cc1ncsc1C1=CC(N)CNC1. The molecule has 1 aromatic heterocycles. The maximum Gasteiger partial charge on any atom is 0.0801 e. The monoisotopic (exact) mass is 195 g/mol. The van der Waals surface area contributed by atoms with Crippen molar-refractivity contribution in [1.82, 2.24) is 10.3 Å². The van der Waals surface area contributed by atoms with Gasteiger partial charge < -0.3 is 11.1 Å². The van der Waals surface area contributed by atoms with Crippen molar-refractivity contribution in [2.24, 2.45) is 5.73 Å². The first-order valence-corrected chi connectivity index (χ1v) is 5.23. The van der Waals surface area contributed by atoms with Crippen LogP contribution in [0.1, 0.15) is 10.6 Å². The normalized spacial score (nSPS) is 22.9. The third kappa shape index (κ3) is 1.80. The van der Waals surface area contributed by atoms with Crippen LogP contribution in [0.15, 0.2) is 11.6 Å². The van der Waals surface area contributed by atoms with Crippen LogP contribution in [0.2, 0.25) is 0 Å². The lowest BCUT2D eigenvalue weighted by atomic mass is 10.1. The van der Waals surface area contributed by atoms with Gasteiger partial charge in [-0.2, -0.15) is 0 Å². The number of hydrogen-bond acceptors (Lipinski definition) is 4. The summed E-state index contributed by atoms with van der Waals surface area (Å²) in [4.78, 5) is 5.49. The van der Waals surface area contributed by atoms with E-state index in [2.05, 4.69) is 16.4 Å². The summed E-state index contributed by atoms with van der Waals surface area (Å²) in [5, 5.41) is 3.29. The fourth-order valence-electron chi connectivity index (χ4n) is 1.52. The van der Waals surface area contributed by atoms with Crippen molar-refractivity contribution in [2.45, 2.75) is 13.0 Å². The standard InChI is InChI=1S/C9H13N3S/c1-6-9(13-5-12-6)7-2-8(10)4-11-3-7/h2,5,8,11H,3-4,10H2,1H3. The van der Waals surface area contributed by atoms with E-state index in [0.717, 1.165) is 18.8 Å². The van der Waals surface area contributed by atoms with Gasteiger partial charge in [0.15, 0.2) is 0 Å². The Morgan fingerprint density at radius 3 is 3.15 bits per heavy atom. The third-order valence-electron chi connectivity index (χ3n) is 2.15. The van der Waals surface area contributed by atoms with Gasteiger partial charge in [-0.1, -0.05) is 6.08 Å². The summed E-state index contributed by atoms with van der Waals surface area (Å²) in [7, 11) is 0. The van der Waals surface area contributed by atoms with Crippen molar-refractivity contribution in [3.05, 3.63) is 22.2 Å². The molecule has 1 aliphatic heterocycles. The van der Waals surface area contributed by atoms with Gasteiger partial charge in [0.2, 0.25) is 0 Å². The van der Waals surface area contributed by atoms with Crippen LogP contribution in [0.5, 0.6) is 0 Å². The van der Waals surface area contributed by atoms with E-state index in [1.807, 2.05) is 12.4 Å². The second-order valence-electron chi connectivity index (χ2n) is 3.25. The Bertz CT molecular complexity index is 329. The molecule has 0 bridgehead atoms. The Hall–Kier alpha value is -0.710. The van der Waals surface area contributed by atoms with Gasteiger partial charge in [-0.05, 0) is 12.5 Å². The zero-order valence-corrected chi connectivity index (χ0v) is 8.40. The fraction of sp³-hybridized carbons (Fsp3) is 0.444. The van der Waals surface area contributed by atoms with Crippen LogP contribution in [-0.4, -0.2) is 24.1 Å². The number of nitrogens with two attached hydrogens (primary N) is 1. The average Bonchev–Trinajstić information content (AvgIpc) is 2.51. The van der Waals surface area contributed by atoms with Crippen LogP contribution < -0.4 is 11.1 Å². The summed E-state index contributed by atoms with van der Waals surface area (Å²) in [5.41, 5.74) is 10.1. The van der Waals surface area contributed by atoms with Crippen LogP contribution >= 0.6 is 11.3 Å². The lowest BCUT2D eigenvalue weighted by molar-refractivity contribution is 0.663. The lowest BCUT2D eigenvalue weighted by Crippen LogP contribution is -2.37. The van der Waals surface area contributed by atoms with E-state index >= 15 is 0 Å². The van der Waals surface area contributed by atoms with Crippen molar-refractivity contribution in [3.63, 3.8) is 0 Å². The molecule has 2 rings (SSSR count). The molecule has 1 atom stereocenters.